The zero-order chi connectivity index (χ0) is 11.7. The maximum atomic E-state index is 6.17. The summed E-state index contributed by atoms with van der Waals surface area (Å²) in [5.41, 5.74) is 10.0. The summed E-state index contributed by atoms with van der Waals surface area (Å²) in [4.78, 5) is 0. The van der Waals surface area contributed by atoms with Gasteiger partial charge >= 0.3 is 0 Å². The molecule has 0 radical (unpaired) electrons. The second-order valence-corrected chi connectivity index (χ2v) is 5.51. The number of hydrogen-bond acceptors (Lipinski definition) is 2. The van der Waals surface area contributed by atoms with E-state index in [-0.39, 0.29) is 0 Å². The number of benzene rings is 1. The van der Waals surface area contributed by atoms with Crippen molar-refractivity contribution in [1.29, 1.82) is 0 Å². The predicted molar refractivity (Wildman–Crippen MR) is 71.9 cm³/mol. The van der Waals surface area contributed by atoms with Crippen LogP contribution in [0.15, 0.2) is 18.2 Å². The standard InChI is InChI=1S/C15H22N2/c16-13-9-3-5-11-6-4-10-14(15(11)13)17-12-7-1-2-8-12/h3,5,9,12,14,17H,1-2,4,6-8,10,16H2. The van der Waals surface area contributed by atoms with Gasteiger partial charge in [0.05, 0.1) is 0 Å². The maximum Gasteiger partial charge on any atom is 0.0365 e. The molecule has 1 atom stereocenters. The molecular weight excluding hydrogens is 208 g/mol. The van der Waals surface area contributed by atoms with E-state index in [9.17, 15) is 0 Å². The van der Waals surface area contributed by atoms with Gasteiger partial charge in [0.2, 0.25) is 0 Å². The molecule has 0 amide bonds. The fourth-order valence-electron chi connectivity index (χ4n) is 3.46. The summed E-state index contributed by atoms with van der Waals surface area (Å²) >= 11 is 0. The Morgan fingerprint density at radius 1 is 1.06 bits per heavy atom. The van der Waals surface area contributed by atoms with Crippen molar-refractivity contribution in [2.75, 3.05) is 5.73 Å². The molecular formula is C15H22N2. The van der Waals surface area contributed by atoms with Gasteiger partial charge in [-0.15, -0.1) is 0 Å². The van der Waals surface area contributed by atoms with Crippen molar-refractivity contribution < 1.29 is 0 Å². The third-order valence-electron chi connectivity index (χ3n) is 4.31. The van der Waals surface area contributed by atoms with Crippen LogP contribution in [0.5, 0.6) is 0 Å². The number of fused-ring (bicyclic) bond motifs is 1. The van der Waals surface area contributed by atoms with Crippen molar-refractivity contribution >= 4 is 5.69 Å². The quantitative estimate of drug-likeness (QED) is 0.766. The van der Waals surface area contributed by atoms with Crippen LogP contribution in [0.25, 0.3) is 0 Å². The molecule has 92 valence electrons. The molecule has 2 aliphatic carbocycles. The van der Waals surface area contributed by atoms with Crippen LogP contribution in [0, 0.1) is 0 Å². The first-order valence-corrected chi connectivity index (χ1v) is 6.98. The van der Waals surface area contributed by atoms with Crippen LogP contribution in [-0.2, 0) is 6.42 Å². The summed E-state index contributed by atoms with van der Waals surface area (Å²) in [6.07, 6.45) is 9.21. The number of hydrogen-bond donors (Lipinski definition) is 2. The molecule has 0 saturated heterocycles. The van der Waals surface area contributed by atoms with Crippen LogP contribution < -0.4 is 11.1 Å². The Kier molecular flexibility index (Phi) is 3.06. The van der Waals surface area contributed by atoms with Gasteiger partial charge in [0, 0.05) is 17.8 Å². The molecule has 0 heterocycles. The van der Waals surface area contributed by atoms with Crippen molar-refractivity contribution in [1.82, 2.24) is 5.32 Å². The third kappa shape index (κ3) is 2.19. The van der Waals surface area contributed by atoms with E-state index in [1.54, 1.807) is 0 Å². The smallest absolute Gasteiger partial charge is 0.0365 e. The molecule has 0 aromatic heterocycles. The summed E-state index contributed by atoms with van der Waals surface area (Å²) in [7, 11) is 0. The summed E-state index contributed by atoms with van der Waals surface area (Å²) in [5, 5.41) is 3.83. The van der Waals surface area contributed by atoms with Gasteiger partial charge in [-0.25, -0.2) is 0 Å². The van der Waals surface area contributed by atoms with Crippen LogP contribution in [0.2, 0.25) is 0 Å². The average Bonchev–Trinajstić information content (AvgIpc) is 2.82. The Bertz CT molecular complexity index is 394. The lowest BCUT2D eigenvalue weighted by molar-refractivity contribution is 0.398. The molecule has 1 fully saturated rings. The van der Waals surface area contributed by atoms with Crippen LogP contribution in [-0.4, -0.2) is 6.04 Å². The normalized spacial score (nSPS) is 24.8. The first kappa shape index (κ1) is 11.1. The molecule has 0 spiro atoms. The predicted octanol–water partition coefficient (Wildman–Crippen LogP) is 3.18. The highest BCUT2D eigenvalue weighted by Gasteiger charge is 2.25. The first-order chi connectivity index (χ1) is 8.34. The second-order valence-electron chi connectivity index (χ2n) is 5.51. The molecule has 3 rings (SSSR count). The summed E-state index contributed by atoms with van der Waals surface area (Å²) in [6.45, 7) is 0. The Balaban J connectivity index is 1.83. The minimum atomic E-state index is 0.503. The molecule has 2 heteroatoms. The van der Waals surface area contributed by atoms with E-state index < -0.39 is 0 Å². The largest absolute Gasteiger partial charge is 0.398 e. The monoisotopic (exact) mass is 230 g/mol. The van der Waals surface area contributed by atoms with Gasteiger partial charge in [-0.1, -0.05) is 25.0 Å². The highest BCUT2D eigenvalue weighted by Crippen LogP contribution is 2.35. The molecule has 1 aromatic rings. The number of aryl methyl sites for hydroxylation is 1. The molecule has 3 N–H and O–H groups in total. The van der Waals surface area contributed by atoms with Crippen LogP contribution in [0.4, 0.5) is 5.69 Å². The molecule has 0 aliphatic heterocycles. The van der Waals surface area contributed by atoms with Gasteiger partial charge < -0.3 is 11.1 Å². The Labute approximate surface area is 104 Å². The zero-order valence-electron chi connectivity index (χ0n) is 10.4. The molecule has 2 nitrogen and oxygen atoms in total. The molecule has 0 bridgehead atoms. The number of nitrogens with two attached hydrogens (primary N) is 1. The minimum absolute atomic E-state index is 0.503. The van der Waals surface area contributed by atoms with Crippen LogP contribution in [0.1, 0.15) is 55.7 Å². The fourth-order valence-corrected chi connectivity index (χ4v) is 3.46. The highest BCUT2D eigenvalue weighted by atomic mass is 15.0. The average molecular weight is 230 g/mol. The van der Waals surface area contributed by atoms with Gasteiger partial charge in [-0.05, 0) is 49.3 Å². The van der Waals surface area contributed by atoms with Gasteiger partial charge in [-0.2, -0.15) is 0 Å². The van der Waals surface area contributed by atoms with Crippen molar-refractivity contribution in [3.63, 3.8) is 0 Å². The van der Waals surface area contributed by atoms with Crippen LogP contribution >= 0.6 is 0 Å². The third-order valence-corrected chi connectivity index (χ3v) is 4.31. The van der Waals surface area contributed by atoms with Gasteiger partial charge in [0.15, 0.2) is 0 Å². The Morgan fingerprint density at radius 2 is 1.88 bits per heavy atom. The number of nitrogens with one attached hydrogen (secondary N) is 1. The Hall–Kier alpha value is -1.02. The van der Waals surface area contributed by atoms with Crippen molar-refractivity contribution in [3.05, 3.63) is 29.3 Å². The number of nitrogen functional groups attached to an aromatic ring is 1. The minimum Gasteiger partial charge on any atom is -0.398 e. The van der Waals surface area contributed by atoms with E-state index in [0.29, 0.717) is 6.04 Å². The van der Waals surface area contributed by atoms with E-state index in [2.05, 4.69) is 17.4 Å². The lowest BCUT2D eigenvalue weighted by Crippen LogP contribution is -2.33. The lowest BCUT2D eigenvalue weighted by atomic mass is 9.86. The molecule has 1 unspecified atom stereocenters. The van der Waals surface area contributed by atoms with Crippen molar-refractivity contribution in [3.8, 4) is 0 Å². The molecule has 1 aromatic carbocycles. The lowest BCUT2D eigenvalue weighted by Gasteiger charge is -2.30. The second kappa shape index (κ2) is 4.69. The maximum absolute atomic E-state index is 6.17. The molecule has 2 aliphatic rings. The van der Waals surface area contributed by atoms with E-state index in [4.69, 9.17) is 5.73 Å². The van der Waals surface area contributed by atoms with E-state index in [1.165, 1.54) is 56.1 Å². The van der Waals surface area contributed by atoms with Crippen LogP contribution in [0.3, 0.4) is 0 Å². The summed E-state index contributed by atoms with van der Waals surface area (Å²) in [5.74, 6) is 0. The highest BCUT2D eigenvalue weighted by molar-refractivity contribution is 5.53. The van der Waals surface area contributed by atoms with Crippen molar-refractivity contribution in [2.24, 2.45) is 0 Å². The van der Waals surface area contributed by atoms with Gasteiger partial charge in [0.1, 0.15) is 0 Å². The molecule has 17 heavy (non-hydrogen) atoms. The van der Waals surface area contributed by atoms with E-state index in [0.717, 1.165) is 11.7 Å². The summed E-state index contributed by atoms with van der Waals surface area (Å²) < 4.78 is 0. The topological polar surface area (TPSA) is 38.0 Å². The van der Waals surface area contributed by atoms with Gasteiger partial charge in [0.25, 0.3) is 0 Å². The first-order valence-electron chi connectivity index (χ1n) is 6.98. The Morgan fingerprint density at radius 3 is 2.71 bits per heavy atom. The van der Waals surface area contributed by atoms with Crippen molar-refractivity contribution in [2.45, 2.75) is 57.0 Å². The van der Waals surface area contributed by atoms with Gasteiger partial charge in [-0.3, -0.25) is 0 Å². The SMILES string of the molecule is Nc1cccc2c1C(NC1CCCC1)CCC2. The van der Waals surface area contributed by atoms with E-state index in [1.807, 2.05) is 6.07 Å². The van der Waals surface area contributed by atoms with E-state index >= 15 is 0 Å². The zero-order valence-corrected chi connectivity index (χ0v) is 10.4. The number of anilines is 1. The summed E-state index contributed by atoms with van der Waals surface area (Å²) in [6, 6.07) is 7.61. The molecule has 1 saturated carbocycles. The number of rotatable bonds is 2. The fraction of sp³-hybridized carbons (Fsp3) is 0.600.